The van der Waals surface area contributed by atoms with Crippen molar-refractivity contribution >= 4 is 6.09 Å². The predicted molar refractivity (Wildman–Crippen MR) is 89.2 cm³/mol. The van der Waals surface area contributed by atoms with Gasteiger partial charge in [0.05, 0.1) is 6.61 Å². The van der Waals surface area contributed by atoms with E-state index in [-0.39, 0.29) is 6.09 Å². The first-order valence-corrected chi connectivity index (χ1v) is 8.17. The van der Waals surface area contributed by atoms with Gasteiger partial charge in [-0.2, -0.15) is 0 Å². The van der Waals surface area contributed by atoms with Gasteiger partial charge in [-0.1, -0.05) is 17.7 Å². The number of carbonyl (C=O) groups is 1. The van der Waals surface area contributed by atoms with Crippen molar-refractivity contribution < 1.29 is 9.53 Å². The Kier molecular flexibility index (Phi) is 5.46. The summed E-state index contributed by atoms with van der Waals surface area (Å²) >= 11 is 0. The molecule has 0 N–H and O–H groups in total. The van der Waals surface area contributed by atoms with Crippen molar-refractivity contribution in [2.24, 2.45) is 0 Å². The Bertz CT molecular complexity index is 511. The summed E-state index contributed by atoms with van der Waals surface area (Å²) in [6, 6.07) is 4.89. The van der Waals surface area contributed by atoms with E-state index in [1.54, 1.807) is 0 Å². The van der Waals surface area contributed by atoms with Gasteiger partial charge in [0, 0.05) is 32.2 Å². The van der Waals surface area contributed by atoms with Gasteiger partial charge >= 0.3 is 6.09 Å². The number of aryl methyl sites for hydroxylation is 3. The second-order valence-corrected chi connectivity index (χ2v) is 6.21. The molecule has 1 aromatic rings. The van der Waals surface area contributed by atoms with Crippen LogP contribution in [-0.4, -0.2) is 48.7 Å². The lowest BCUT2D eigenvalue weighted by Gasteiger charge is -2.38. The maximum absolute atomic E-state index is 11.8. The zero-order chi connectivity index (χ0) is 16.3. The van der Waals surface area contributed by atoms with Crippen molar-refractivity contribution in [1.82, 2.24) is 9.80 Å². The third-order valence-electron chi connectivity index (χ3n) is 4.54. The molecule has 4 nitrogen and oxygen atoms in total. The normalized spacial score (nSPS) is 17.4. The van der Waals surface area contributed by atoms with Gasteiger partial charge in [0.25, 0.3) is 0 Å². The van der Waals surface area contributed by atoms with E-state index in [1.165, 1.54) is 22.3 Å². The number of carbonyl (C=O) groups excluding carboxylic acids is 1. The van der Waals surface area contributed by atoms with Crippen molar-refractivity contribution in [2.45, 2.75) is 40.7 Å². The molecule has 0 radical (unpaired) electrons. The number of amides is 1. The van der Waals surface area contributed by atoms with Gasteiger partial charge in [-0.3, -0.25) is 4.90 Å². The van der Waals surface area contributed by atoms with Gasteiger partial charge in [0.1, 0.15) is 0 Å². The fourth-order valence-corrected chi connectivity index (χ4v) is 3.54. The number of hydrogen-bond donors (Lipinski definition) is 0. The van der Waals surface area contributed by atoms with E-state index < -0.39 is 0 Å². The highest BCUT2D eigenvalue weighted by molar-refractivity contribution is 5.67. The summed E-state index contributed by atoms with van der Waals surface area (Å²) in [4.78, 5) is 16.0. The fraction of sp³-hybridized carbons (Fsp3) is 0.611. The van der Waals surface area contributed by atoms with Crippen LogP contribution >= 0.6 is 0 Å². The van der Waals surface area contributed by atoms with Crippen LogP contribution in [0.15, 0.2) is 12.1 Å². The van der Waals surface area contributed by atoms with Gasteiger partial charge in [-0.25, -0.2) is 4.79 Å². The first-order valence-electron chi connectivity index (χ1n) is 8.17. The molecule has 1 fully saturated rings. The van der Waals surface area contributed by atoms with E-state index in [1.807, 2.05) is 11.8 Å². The number of nitrogens with zero attached hydrogens (tertiary/aromatic N) is 2. The molecule has 1 aliphatic heterocycles. The average Bonchev–Trinajstić information content (AvgIpc) is 2.46. The number of benzene rings is 1. The highest BCUT2D eigenvalue weighted by Crippen LogP contribution is 2.28. The topological polar surface area (TPSA) is 32.8 Å². The molecule has 2 rings (SSSR count). The molecule has 122 valence electrons. The van der Waals surface area contributed by atoms with E-state index in [2.05, 4.69) is 44.7 Å². The van der Waals surface area contributed by atoms with Crippen LogP contribution in [0.2, 0.25) is 0 Å². The fourth-order valence-electron chi connectivity index (χ4n) is 3.54. The summed E-state index contributed by atoms with van der Waals surface area (Å²) < 4.78 is 5.08. The quantitative estimate of drug-likeness (QED) is 0.857. The molecular weight excluding hydrogens is 276 g/mol. The molecule has 1 amide bonds. The third-order valence-corrected chi connectivity index (χ3v) is 4.54. The molecule has 0 saturated carbocycles. The minimum Gasteiger partial charge on any atom is -0.450 e. The first kappa shape index (κ1) is 16.8. The molecule has 0 bridgehead atoms. The summed E-state index contributed by atoms with van der Waals surface area (Å²) in [5.41, 5.74) is 5.46. The first-order chi connectivity index (χ1) is 10.4. The van der Waals surface area contributed by atoms with Crippen LogP contribution in [0.3, 0.4) is 0 Å². The Hall–Kier alpha value is -1.55. The molecule has 4 heteroatoms. The maximum Gasteiger partial charge on any atom is 0.409 e. The SMILES string of the molecule is CCOC(=O)N1CCN(C(C)c2c(C)cc(C)cc2C)CC1. The van der Waals surface area contributed by atoms with Crippen LogP contribution in [0.1, 0.15) is 42.1 Å². The Balaban J connectivity index is 2.04. The minimum absolute atomic E-state index is 0.183. The zero-order valence-electron chi connectivity index (χ0n) is 14.5. The van der Waals surface area contributed by atoms with Crippen molar-refractivity contribution in [2.75, 3.05) is 32.8 Å². The molecule has 1 saturated heterocycles. The molecule has 1 aliphatic rings. The van der Waals surface area contributed by atoms with Gasteiger partial charge < -0.3 is 9.64 Å². The Labute approximate surface area is 134 Å². The lowest BCUT2D eigenvalue weighted by atomic mass is 9.93. The summed E-state index contributed by atoms with van der Waals surface area (Å²) in [7, 11) is 0. The van der Waals surface area contributed by atoms with Crippen molar-refractivity contribution in [3.63, 3.8) is 0 Å². The van der Waals surface area contributed by atoms with Gasteiger partial charge in [-0.05, 0) is 51.3 Å². The molecule has 0 aliphatic carbocycles. The van der Waals surface area contributed by atoms with Crippen molar-refractivity contribution in [3.8, 4) is 0 Å². The van der Waals surface area contributed by atoms with Crippen LogP contribution in [0.25, 0.3) is 0 Å². The molecule has 22 heavy (non-hydrogen) atoms. The summed E-state index contributed by atoms with van der Waals surface area (Å²) in [5, 5.41) is 0. The summed E-state index contributed by atoms with van der Waals surface area (Å²) in [6.45, 7) is 14.4. The van der Waals surface area contributed by atoms with Crippen LogP contribution in [-0.2, 0) is 4.74 Å². The highest BCUT2D eigenvalue weighted by Gasteiger charge is 2.26. The van der Waals surface area contributed by atoms with Crippen LogP contribution < -0.4 is 0 Å². The molecule has 0 spiro atoms. The number of piperazine rings is 1. The Morgan fingerprint density at radius 1 is 1.14 bits per heavy atom. The Morgan fingerprint density at radius 2 is 1.68 bits per heavy atom. The predicted octanol–water partition coefficient (Wildman–Crippen LogP) is 3.45. The van der Waals surface area contributed by atoms with E-state index in [9.17, 15) is 4.79 Å². The lowest BCUT2D eigenvalue weighted by molar-refractivity contribution is 0.0684. The third kappa shape index (κ3) is 3.61. The number of hydrogen-bond acceptors (Lipinski definition) is 3. The standard InChI is InChI=1S/C18H28N2O2/c1-6-22-18(21)20-9-7-19(8-10-20)16(5)17-14(3)11-13(2)12-15(17)4/h11-12,16H,6-10H2,1-5H3. The Morgan fingerprint density at radius 3 is 2.18 bits per heavy atom. The van der Waals surface area contributed by atoms with E-state index >= 15 is 0 Å². The molecule has 1 aromatic carbocycles. The monoisotopic (exact) mass is 304 g/mol. The highest BCUT2D eigenvalue weighted by atomic mass is 16.6. The maximum atomic E-state index is 11.8. The van der Waals surface area contributed by atoms with Gasteiger partial charge in [-0.15, -0.1) is 0 Å². The summed E-state index contributed by atoms with van der Waals surface area (Å²) in [5.74, 6) is 0. The average molecular weight is 304 g/mol. The minimum atomic E-state index is -0.183. The molecule has 0 aromatic heterocycles. The smallest absolute Gasteiger partial charge is 0.409 e. The van der Waals surface area contributed by atoms with E-state index in [0.717, 1.165) is 26.2 Å². The number of rotatable bonds is 3. The van der Waals surface area contributed by atoms with Gasteiger partial charge in [0.15, 0.2) is 0 Å². The van der Waals surface area contributed by atoms with E-state index in [0.29, 0.717) is 12.6 Å². The largest absolute Gasteiger partial charge is 0.450 e. The van der Waals surface area contributed by atoms with E-state index in [4.69, 9.17) is 4.74 Å². The summed E-state index contributed by atoms with van der Waals surface area (Å²) in [6.07, 6.45) is -0.183. The van der Waals surface area contributed by atoms with Gasteiger partial charge in [0.2, 0.25) is 0 Å². The second kappa shape index (κ2) is 7.14. The van der Waals surface area contributed by atoms with Crippen LogP contribution in [0, 0.1) is 20.8 Å². The molecular formula is C18H28N2O2. The number of ether oxygens (including phenoxy) is 1. The second-order valence-electron chi connectivity index (χ2n) is 6.21. The lowest BCUT2D eigenvalue weighted by Crippen LogP contribution is -2.49. The molecule has 1 heterocycles. The van der Waals surface area contributed by atoms with Crippen molar-refractivity contribution in [3.05, 3.63) is 34.4 Å². The van der Waals surface area contributed by atoms with Crippen molar-refractivity contribution in [1.29, 1.82) is 0 Å². The zero-order valence-corrected chi connectivity index (χ0v) is 14.5. The molecule has 1 atom stereocenters. The molecule has 1 unspecified atom stereocenters. The van der Waals surface area contributed by atoms with Crippen LogP contribution in [0.4, 0.5) is 4.79 Å². The van der Waals surface area contributed by atoms with Crippen LogP contribution in [0.5, 0.6) is 0 Å².